The number of aromatic hydroxyl groups is 1. The quantitative estimate of drug-likeness (QED) is 0.774. The third-order valence-corrected chi connectivity index (χ3v) is 4.95. The summed E-state index contributed by atoms with van der Waals surface area (Å²) in [6.45, 7) is 3.39. The minimum atomic E-state index is -0.127. The monoisotopic (exact) mass is 353 g/mol. The Morgan fingerprint density at radius 3 is 2.77 bits per heavy atom. The number of likely N-dealkylation sites (N-methyl/N-ethyl adjacent to an activating group) is 1. The molecule has 3 rings (SSSR count). The van der Waals surface area contributed by atoms with Crippen molar-refractivity contribution in [2.45, 2.75) is 38.4 Å². The maximum Gasteiger partial charge on any atom is 0.315 e. The smallest absolute Gasteiger partial charge is 0.315 e. The van der Waals surface area contributed by atoms with Crippen LogP contribution in [-0.2, 0) is 19.4 Å². The van der Waals surface area contributed by atoms with E-state index < -0.39 is 0 Å². The summed E-state index contributed by atoms with van der Waals surface area (Å²) in [6, 6.07) is 15.9. The highest BCUT2D eigenvalue weighted by atomic mass is 16.3. The number of urea groups is 1. The zero-order chi connectivity index (χ0) is 18.5. The van der Waals surface area contributed by atoms with Crippen molar-refractivity contribution in [1.29, 1.82) is 0 Å². The zero-order valence-electron chi connectivity index (χ0n) is 15.4. The van der Waals surface area contributed by atoms with E-state index in [1.807, 2.05) is 37.3 Å². The van der Waals surface area contributed by atoms with E-state index >= 15 is 0 Å². The molecule has 0 bridgehead atoms. The fourth-order valence-corrected chi connectivity index (χ4v) is 3.50. The maximum atomic E-state index is 12.2. The number of benzene rings is 2. The molecule has 3 N–H and O–H groups in total. The molecule has 2 aromatic rings. The SMILES string of the molecule is CC(Cc1ccccc1)NC(=O)NCC1Cc2ccc(O)cc2CN1C. The van der Waals surface area contributed by atoms with Crippen LogP contribution in [0.4, 0.5) is 4.79 Å². The number of hydrogen-bond acceptors (Lipinski definition) is 3. The van der Waals surface area contributed by atoms with Gasteiger partial charge in [0.25, 0.3) is 0 Å². The van der Waals surface area contributed by atoms with Gasteiger partial charge in [-0.2, -0.15) is 0 Å². The number of rotatable bonds is 5. The predicted molar refractivity (Wildman–Crippen MR) is 103 cm³/mol. The van der Waals surface area contributed by atoms with E-state index in [9.17, 15) is 9.90 Å². The number of phenolic OH excluding ortho intramolecular Hbond substituents is 1. The predicted octanol–water partition coefficient (Wildman–Crippen LogP) is 2.68. The molecule has 2 unspecified atom stereocenters. The average molecular weight is 353 g/mol. The van der Waals surface area contributed by atoms with Crippen LogP contribution in [0.3, 0.4) is 0 Å². The number of carbonyl (C=O) groups excluding carboxylic acids is 1. The van der Waals surface area contributed by atoms with Gasteiger partial charge in [0.2, 0.25) is 0 Å². The van der Waals surface area contributed by atoms with Gasteiger partial charge >= 0.3 is 6.03 Å². The minimum absolute atomic E-state index is 0.0742. The van der Waals surface area contributed by atoms with Gasteiger partial charge in [-0.1, -0.05) is 36.4 Å². The molecule has 0 radical (unpaired) electrons. The molecule has 2 atom stereocenters. The van der Waals surface area contributed by atoms with Crippen molar-refractivity contribution >= 4 is 6.03 Å². The van der Waals surface area contributed by atoms with E-state index in [4.69, 9.17) is 0 Å². The Kier molecular flexibility index (Phi) is 5.78. The Morgan fingerprint density at radius 1 is 1.23 bits per heavy atom. The van der Waals surface area contributed by atoms with Gasteiger partial charge in [-0.3, -0.25) is 4.90 Å². The van der Waals surface area contributed by atoms with E-state index in [-0.39, 0.29) is 18.1 Å². The lowest BCUT2D eigenvalue weighted by Crippen LogP contribution is -2.49. The number of hydrogen-bond donors (Lipinski definition) is 3. The Morgan fingerprint density at radius 2 is 2.00 bits per heavy atom. The van der Waals surface area contributed by atoms with E-state index in [1.165, 1.54) is 11.1 Å². The average Bonchev–Trinajstić information content (AvgIpc) is 2.60. The number of nitrogens with zero attached hydrogens (tertiary/aromatic N) is 1. The van der Waals surface area contributed by atoms with Crippen LogP contribution in [0.2, 0.25) is 0 Å². The first-order valence-electron chi connectivity index (χ1n) is 9.10. The van der Waals surface area contributed by atoms with Gasteiger partial charge in [-0.05, 0) is 55.6 Å². The van der Waals surface area contributed by atoms with Crippen molar-refractivity contribution in [1.82, 2.24) is 15.5 Å². The van der Waals surface area contributed by atoms with Crippen molar-refractivity contribution < 1.29 is 9.90 Å². The van der Waals surface area contributed by atoms with E-state index in [0.29, 0.717) is 12.3 Å². The molecule has 5 heteroatoms. The fourth-order valence-electron chi connectivity index (χ4n) is 3.50. The van der Waals surface area contributed by atoms with Gasteiger partial charge in [0.05, 0.1) is 0 Å². The number of fused-ring (bicyclic) bond motifs is 1. The first kappa shape index (κ1) is 18.3. The molecular formula is C21H27N3O2. The molecular weight excluding hydrogens is 326 g/mol. The number of nitrogens with one attached hydrogen (secondary N) is 2. The summed E-state index contributed by atoms with van der Waals surface area (Å²) in [5, 5.41) is 15.6. The second-order valence-corrected chi connectivity index (χ2v) is 7.17. The van der Waals surface area contributed by atoms with Crippen LogP contribution in [-0.4, -0.2) is 41.7 Å². The normalized spacial score (nSPS) is 18.0. The molecule has 0 saturated heterocycles. The standard InChI is InChI=1S/C21H27N3O2/c1-15(10-16-6-4-3-5-7-16)23-21(26)22-13-19-11-17-8-9-20(25)12-18(17)14-24(19)2/h3-9,12,15,19,25H,10-11,13-14H2,1-2H3,(H2,22,23,26). The molecule has 0 saturated carbocycles. The summed E-state index contributed by atoms with van der Waals surface area (Å²) in [4.78, 5) is 14.4. The van der Waals surface area contributed by atoms with E-state index in [1.54, 1.807) is 6.07 Å². The second-order valence-electron chi connectivity index (χ2n) is 7.17. The summed E-state index contributed by atoms with van der Waals surface area (Å²) < 4.78 is 0. The molecule has 0 fully saturated rings. The van der Waals surface area contributed by atoms with Gasteiger partial charge < -0.3 is 15.7 Å². The molecule has 0 aromatic heterocycles. The summed E-state index contributed by atoms with van der Waals surface area (Å²) in [5.41, 5.74) is 3.61. The van der Waals surface area contributed by atoms with E-state index in [2.05, 4.69) is 34.7 Å². The van der Waals surface area contributed by atoms with Gasteiger partial charge in [-0.25, -0.2) is 4.79 Å². The highest BCUT2D eigenvalue weighted by molar-refractivity contribution is 5.74. The lowest BCUT2D eigenvalue weighted by molar-refractivity contribution is 0.202. The first-order chi connectivity index (χ1) is 12.5. The molecule has 26 heavy (non-hydrogen) atoms. The van der Waals surface area contributed by atoms with Gasteiger partial charge in [-0.15, -0.1) is 0 Å². The van der Waals surface area contributed by atoms with Crippen LogP contribution in [0.15, 0.2) is 48.5 Å². The topological polar surface area (TPSA) is 64.6 Å². The van der Waals surface area contributed by atoms with Gasteiger partial charge in [0.1, 0.15) is 5.75 Å². The van der Waals surface area contributed by atoms with Crippen molar-refractivity contribution in [2.75, 3.05) is 13.6 Å². The zero-order valence-corrected chi connectivity index (χ0v) is 15.4. The van der Waals surface area contributed by atoms with Crippen molar-refractivity contribution in [3.8, 4) is 5.75 Å². The Bertz CT molecular complexity index is 748. The minimum Gasteiger partial charge on any atom is -0.508 e. The van der Waals surface area contributed by atoms with Crippen LogP contribution in [0.1, 0.15) is 23.6 Å². The van der Waals surface area contributed by atoms with Gasteiger partial charge in [0.15, 0.2) is 0 Å². The summed E-state index contributed by atoms with van der Waals surface area (Å²) in [5.74, 6) is 0.306. The molecule has 1 aliphatic rings. The molecule has 0 aliphatic carbocycles. The molecule has 2 amide bonds. The van der Waals surface area contributed by atoms with Gasteiger partial charge in [0, 0.05) is 25.2 Å². The number of phenols is 1. The highest BCUT2D eigenvalue weighted by Gasteiger charge is 2.24. The Labute approximate surface area is 155 Å². The van der Waals surface area contributed by atoms with Crippen molar-refractivity contribution in [2.24, 2.45) is 0 Å². The Balaban J connectivity index is 1.47. The van der Waals surface area contributed by atoms with Crippen molar-refractivity contribution in [3.63, 3.8) is 0 Å². The molecule has 1 heterocycles. The van der Waals surface area contributed by atoms with Crippen molar-refractivity contribution in [3.05, 3.63) is 65.2 Å². The third kappa shape index (κ3) is 4.76. The second kappa shape index (κ2) is 8.23. The Hall–Kier alpha value is -2.53. The molecule has 5 nitrogen and oxygen atoms in total. The lowest BCUT2D eigenvalue weighted by Gasteiger charge is -2.34. The number of carbonyl (C=O) groups is 1. The summed E-state index contributed by atoms with van der Waals surface area (Å²) in [7, 11) is 2.05. The maximum absolute atomic E-state index is 12.2. The fraction of sp³-hybridized carbons (Fsp3) is 0.381. The molecule has 2 aromatic carbocycles. The van der Waals surface area contributed by atoms with Crippen LogP contribution < -0.4 is 10.6 Å². The third-order valence-electron chi connectivity index (χ3n) is 4.95. The first-order valence-corrected chi connectivity index (χ1v) is 9.10. The highest BCUT2D eigenvalue weighted by Crippen LogP contribution is 2.25. The largest absolute Gasteiger partial charge is 0.508 e. The van der Waals surface area contributed by atoms with Crippen LogP contribution >= 0.6 is 0 Å². The molecule has 138 valence electrons. The van der Waals surface area contributed by atoms with Crippen LogP contribution in [0.5, 0.6) is 5.75 Å². The molecule has 1 aliphatic heterocycles. The van der Waals surface area contributed by atoms with Crippen LogP contribution in [0, 0.1) is 0 Å². The summed E-state index contributed by atoms with van der Waals surface area (Å²) in [6.07, 6.45) is 1.68. The lowest BCUT2D eigenvalue weighted by atomic mass is 9.94. The van der Waals surface area contributed by atoms with E-state index in [0.717, 1.165) is 24.9 Å². The molecule has 0 spiro atoms. The van der Waals surface area contributed by atoms with Crippen LogP contribution in [0.25, 0.3) is 0 Å². The summed E-state index contributed by atoms with van der Waals surface area (Å²) >= 11 is 0. The number of amides is 2.